The van der Waals surface area contributed by atoms with Crippen LogP contribution in [0.4, 0.5) is 49.1 Å². The molecular formula is C42H22Cl4F6N6O4. The molecule has 7 rings (SSSR count). The van der Waals surface area contributed by atoms with Gasteiger partial charge in [-0.2, -0.15) is 36.5 Å². The summed E-state index contributed by atoms with van der Waals surface area (Å²) in [6.07, 6.45) is -6.83. The van der Waals surface area contributed by atoms with E-state index in [9.17, 15) is 45.5 Å². The van der Waals surface area contributed by atoms with Crippen LogP contribution in [0.5, 0.6) is 0 Å². The molecule has 2 aliphatic rings. The van der Waals surface area contributed by atoms with E-state index >= 15 is 0 Å². The van der Waals surface area contributed by atoms with Crippen LogP contribution in [-0.2, 0) is 31.5 Å². The molecule has 0 spiro atoms. The monoisotopic (exact) mass is 928 g/mol. The molecule has 0 bridgehead atoms. The standard InChI is InChI=1S/C42H22Cl4F6N6O4/c43-27-11-9-21(41(47,48)49)15-33(27)55-57-35-23-7-3-1-5-19(23)13-25(37(35)59)39(61)53-31-17-30(46)32(18-29(31)45)54-40(62)26-14-20-6-2-4-8-24(20)36(38(26)60)58-56-34-16-22(42(50,51)52)10-12-28(34)44/h1-18,55-56H,(H,53,61)(H,54,62)/b57-35-,58-36-. The van der Waals surface area contributed by atoms with Crippen molar-refractivity contribution in [2.45, 2.75) is 12.4 Å². The highest BCUT2D eigenvalue weighted by atomic mass is 35.5. The van der Waals surface area contributed by atoms with E-state index in [1.807, 2.05) is 0 Å². The number of hydrogen-bond donors (Lipinski definition) is 4. The molecule has 4 N–H and O–H groups in total. The Morgan fingerprint density at radius 2 is 0.855 bits per heavy atom. The first-order valence-electron chi connectivity index (χ1n) is 17.5. The Labute approximate surface area is 365 Å². The van der Waals surface area contributed by atoms with Gasteiger partial charge in [0.2, 0.25) is 11.6 Å². The molecule has 0 saturated carbocycles. The number of hydrazone groups is 2. The van der Waals surface area contributed by atoms with Gasteiger partial charge in [0.1, 0.15) is 11.4 Å². The minimum Gasteiger partial charge on any atom is -0.320 e. The molecular weight excluding hydrogens is 908 g/mol. The molecule has 0 saturated heterocycles. The van der Waals surface area contributed by atoms with Gasteiger partial charge in [0, 0.05) is 11.1 Å². The predicted molar refractivity (Wildman–Crippen MR) is 226 cm³/mol. The highest BCUT2D eigenvalue weighted by Crippen LogP contribution is 2.37. The Balaban J connectivity index is 1.11. The van der Waals surface area contributed by atoms with Gasteiger partial charge in [0.15, 0.2) is 0 Å². The third-order valence-electron chi connectivity index (χ3n) is 9.16. The Kier molecular flexibility index (Phi) is 12.1. The lowest BCUT2D eigenvalue weighted by atomic mass is 9.89. The summed E-state index contributed by atoms with van der Waals surface area (Å²) in [4.78, 5) is 54.7. The second kappa shape index (κ2) is 17.1. The summed E-state index contributed by atoms with van der Waals surface area (Å²) in [6.45, 7) is 0. The van der Waals surface area contributed by atoms with Crippen molar-refractivity contribution in [2.24, 2.45) is 10.2 Å². The minimum atomic E-state index is -4.70. The summed E-state index contributed by atoms with van der Waals surface area (Å²) >= 11 is 25.2. The lowest BCUT2D eigenvalue weighted by Crippen LogP contribution is -2.31. The van der Waals surface area contributed by atoms with Crippen molar-refractivity contribution in [3.8, 4) is 0 Å². The summed E-state index contributed by atoms with van der Waals surface area (Å²) in [5.41, 5.74) is 1.75. The predicted octanol–water partition coefficient (Wildman–Crippen LogP) is 11.2. The van der Waals surface area contributed by atoms with Gasteiger partial charge >= 0.3 is 12.4 Å². The fourth-order valence-electron chi connectivity index (χ4n) is 6.10. The average molecular weight is 930 g/mol. The maximum absolute atomic E-state index is 13.7. The number of rotatable bonds is 8. The maximum Gasteiger partial charge on any atom is 0.416 e. The largest absolute Gasteiger partial charge is 0.416 e. The number of nitrogens with zero attached hydrogens (tertiary/aromatic N) is 2. The fraction of sp³-hybridized carbons (Fsp3) is 0.0476. The Hall–Kier alpha value is -6.46. The number of alkyl halides is 6. The zero-order chi connectivity index (χ0) is 44.7. The van der Waals surface area contributed by atoms with E-state index in [1.54, 1.807) is 36.4 Å². The molecule has 10 nitrogen and oxygen atoms in total. The van der Waals surface area contributed by atoms with E-state index in [-0.39, 0.29) is 65.4 Å². The highest BCUT2D eigenvalue weighted by molar-refractivity contribution is 6.60. The lowest BCUT2D eigenvalue weighted by Gasteiger charge is -2.19. The summed E-state index contributed by atoms with van der Waals surface area (Å²) in [5, 5.41) is 12.4. The topological polar surface area (TPSA) is 141 Å². The van der Waals surface area contributed by atoms with Crippen LogP contribution in [0.15, 0.2) is 118 Å². The second-order valence-electron chi connectivity index (χ2n) is 13.2. The zero-order valence-corrected chi connectivity index (χ0v) is 33.7. The van der Waals surface area contributed by atoms with Crippen LogP contribution in [0.3, 0.4) is 0 Å². The van der Waals surface area contributed by atoms with Crippen molar-refractivity contribution in [1.29, 1.82) is 0 Å². The van der Waals surface area contributed by atoms with Gasteiger partial charge in [0.25, 0.3) is 11.8 Å². The van der Waals surface area contributed by atoms with Gasteiger partial charge in [-0.3, -0.25) is 30.0 Å². The van der Waals surface area contributed by atoms with Crippen LogP contribution in [0.2, 0.25) is 20.1 Å². The Morgan fingerprint density at radius 3 is 1.23 bits per heavy atom. The van der Waals surface area contributed by atoms with Crippen LogP contribution >= 0.6 is 46.4 Å². The van der Waals surface area contributed by atoms with Crippen molar-refractivity contribution in [3.05, 3.63) is 162 Å². The number of ketones is 2. The lowest BCUT2D eigenvalue weighted by molar-refractivity contribution is -0.138. The van der Waals surface area contributed by atoms with Crippen LogP contribution < -0.4 is 21.5 Å². The second-order valence-corrected chi connectivity index (χ2v) is 14.8. The number of anilines is 4. The molecule has 0 aromatic heterocycles. The van der Waals surface area contributed by atoms with E-state index < -0.39 is 58.0 Å². The minimum absolute atomic E-state index is 0.116. The van der Waals surface area contributed by atoms with Crippen LogP contribution in [0.25, 0.3) is 12.2 Å². The number of carbonyl (C=O) groups excluding carboxylic acids is 4. The van der Waals surface area contributed by atoms with Gasteiger partial charge in [-0.25, -0.2) is 0 Å². The molecule has 0 unspecified atom stereocenters. The van der Waals surface area contributed by atoms with Crippen molar-refractivity contribution in [3.63, 3.8) is 0 Å². The van der Waals surface area contributed by atoms with Crippen LogP contribution in [-0.4, -0.2) is 34.8 Å². The molecule has 20 heteroatoms. The molecule has 0 aliphatic heterocycles. The van der Waals surface area contributed by atoms with Gasteiger partial charge < -0.3 is 10.6 Å². The quantitative estimate of drug-likeness (QED) is 0.0694. The summed E-state index contributed by atoms with van der Waals surface area (Å²) in [6, 6.07) is 19.9. The van der Waals surface area contributed by atoms with Gasteiger partial charge in [0.05, 0.1) is 65.1 Å². The smallest absolute Gasteiger partial charge is 0.320 e. The molecule has 62 heavy (non-hydrogen) atoms. The van der Waals surface area contributed by atoms with Gasteiger partial charge in [-0.1, -0.05) is 94.9 Å². The molecule has 0 fully saturated rings. The molecule has 2 aliphatic carbocycles. The molecule has 0 atom stereocenters. The fourth-order valence-corrected chi connectivity index (χ4v) is 6.84. The summed E-state index contributed by atoms with van der Waals surface area (Å²) in [5.74, 6) is -3.78. The number of amides is 2. The van der Waals surface area contributed by atoms with Gasteiger partial charge in [-0.05, 0) is 71.8 Å². The van der Waals surface area contributed by atoms with Crippen LogP contribution in [0, 0.1) is 0 Å². The van der Waals surface area contributed by atoms with E-state index in [0.29, 0.717) is 23.3 Å². The zero-order valence-electron chi connectivity index (χ0n) is 30.7. The third-order valence-corrected chi connectivity index (χ3v) is 10.4. The molecule has 5 aromatic carbocycles. The van der Waals surface area contributed by atoms with Crippen LogP contribution in [0.1, 0.15) is 33.4 Å². The number of benzene rings is 5. The first-order chi connectivity index (χ1) is 29.3. The molecule has 314 valence electrons. The third kappa shape index (κ3) is 9.09. The maximum atomic E-state index is 13.7. The van der Waals surface area contributed by atoms with Crippen molar-refractivity contribution in [2.75, 3.05) is 21.5 Å². The number of carbonyl (C=O) groups is 4. The van der Waals surface area contributed by atoms with E-state index in [2.05, 4.69) is 31.7 Å². The number of halogens is 10. The van der Waals surface area contributed by atoms with E-state index in [0.717, 1.165) is 36.4 Å². The molecule has 0 radical (unpaired) electrons. The van der Waals surface area contributed by atoms with Gasteiger partial charge in [-0.15, -0.1) is 0 Å². The SMILES string of the molecule is O=C(Nc1cc(Cl)c(NC(=O)C2=Cc3ccccc3/C(=N/Nc3cc(C(F)(F)F)ccc3Cl)C2=O)cc1Cl)C1=Cc2ccccc2/C(=N/Nc2cc(C(F)(F)F)ccc2Cl)C1=O. The Bertz CT molecular complexity index is 2680. The Morgan fingerprint density at radius 1 is 0.484 bits per heavy atom. The van der Waals surface area contributed by atoms with Crippen molar-refractivity contribution >= 4 is 116 Å². The molecule has 0 heterocycles. The number of nitrogens with one attached hydrogen (secondary N) is 4. The molecule has 5 aromatic rings. The normalized spacial score (nSPS) is 15.1. The average Bonchev–Trinajstić information content (AvgIpc) is 3.21. The first-order valence-corrected chi connectivity index (χ1v) is 19.1. The summed E-state index contributed by atoms with van der Waals surface area (Å²) in [7, 11) is 0. The number of fused-ring (bicyclic) bond motifs is 2. The van der Waals surface area contributed by atoms with Crippen molar-refractivity contribution < 1.29 is 45.5 Å². The number of Topliss-reactive ketones (excluding diaryl/α,β-unsaturated/α-hetero) is 2. The van der Waals surface area contributed by atoms with Crippen molar-refractivity contribution in [1.82, 2.24) is 0 Å². The van der Waals surface area contributed by atoms with E-state index in [4.69, 9.17) is 46.4 Å². The van der Waals surface area contributed by atoms with E-state index in [1.165, 1.54) is 24.3 Å². The number of hydrogen-bond acceptors (Lipinski definition) is 8. The first kappa shape index (κ1) is 43.6. The highest BCUT2D eigenvalue weighted by Gasteiger charge is 2.35. The molecule has 2 amide bonds. The summed E-state index contributed by atoms with van der Waals surface area (Å²) < 4.78 is 80.2.